The third kappa shape index (κ3) is 3.89. The number of hydrogen-bond donors (Lipinski definition) is 3. The molecule has 0 aliphatic heterocycles. The highest BCUT2D eigenvalue weighted by atomic mass is 35.5. The van der Waals surface area contributed by atoms with E-state index < -0.39 is 5.91 Å². The Morgan fingerprint density at radius 3 is 2.39 bits per heavy atom. The molecule has 2 heterocycles. The van der Waals surface area contributed by atoms with Gasteiger partial charge in [-0.05, 0) is 24.3 Å². The van der Waals surface area contributed by atoms with Gasteiger partial charge < -0.3 is 10.6 Å². The van der Waals surface area contributed by atoms with Crippen LogP contribution >= 0.6 is 35.6 Å². The minimum atomic E-state index is -0.396. The van der Waals surface area contributed by atoms with Gasteiger partial charge in [0.2, 0.25) is 0 Å². The first-order chi connectivity index (χ1) is 13.1. The minimum Gasteiger partial charge on any atom is -0.340 e. The van der Waals surface area contributed by atoms with E-state index in [9.17, 15) is 4.79 Å². The molecule has 0 unspecified atom stereocenters. The number of fused-ring (bicyclic) bond motifs is 1. The molecule has 0 saturated carbocycles. The van der Waals surface area contributed by atoms with E-state index in [0.717, 1.165) is 16.9 Å². The monoisotopic (exact) mass is 433 g/mol. The highest BCUT2D eigenvalue weighted by molar-refractivity contribution is 6.40. The Bertz CT molecular complexity index is 1110. The lowest BCUT2D eigenvalue weighted by molar-refractivity contribution is 0.102. The predicted molar refractivity (Wildman–Crippen MR) is 115 cm³/mol. The molecule has 1 amide bonds. The molecule has 0 aliphatic rings. The minimum absolute atomic E-state index is 0. The predicted octanol–water partition coefficient (Wildman–Crippen LogP) is 5.68. The highest BCUT2D eigenvalue weighted by Crippen LogP contribution is 2.30. The van der Waals surface area contributed by atoms with Crippen molar-refractivity contribution in [3.05, 3.63) is 76.5 Å². The summed E-state index contributed by atoms with van der Waals surface area (Å²) in [6, 6.07) is 14.1. The molecule has 28 heavy (non-hydrogen) atoms. The van der Waals surface area contributed by atoms with Gasteiger partial charge in [0.15, 0.2) is 0 Å². The summed E-state index contributed by atoms with van der Waals surface area (Å²) in [5.41, 5.74) is 2.25. The number of pyridine rings is 1. The molecule has 0 atom stereocenters. The van der Waals surface area contributed by atoms with Crippen molar-refractivity contribution in [1.82, 2.24) is 15.2 Å². The van der Waals surface area contributed by atoms with Crippen molar-refractivity contribution in [2.75, 3.05) is 10.6 Å². The number of aromatic nitrogens is 3. The van der Waals surface area contributed by atoms with Crippen LogP contribution in [0.15, 0.2) is 60.9 Å². The van der Waals surface area contributed by atoms with Crippen LogP contribution in [0.2, 0.25) is 10.0 Å². The number of rotatable bonds is 4. The lowest BCUT2D eigenvalue weighted by Gasteiger charge is -2.12. The molecule has 0 aliphatic carbocycles. The molecule has 142 valence electrons. The summed E-state index contributed by atoms with van der Waals surface area (Å²) in [7, 11) is 0. The van der Waals surface area contributed by atoms with Crippen molar-refractivity contribution in [2.24, 2.45) is 0 Å². The first-order valence-electron chi connectivity index (χ1n) is 8.03. The molecule has 2 aromatic heterocycles. The van der Waals surface area contributed by atoms with Crippen molar-refractivity contribution in [1.29, 1.82) is 0 Å². The second-order valence-electron chi connectivity index (χ2n) is 5.71. The molecule has 6 nitrogen and oxygen atoms in total. The smallest absolute Gasteiger partial charge is 0.258 e. The number of nitrogens with one attached hydrogen (secondary N) is 3. The Morgan fingerprint density at radius 2 is 1.68 bits per heavy atom. The van der Waals surface area contributed by atoms with Gasteiger partial charge in [0.05, 0.1) is 38.7 Å². The first-order valence-corrected chi connectivity index (χ1v) is 8.78. The fraction of sp³-hybridized carbons (Fsp3) is 0. The van der Waals surface area contributed by atoms with Gasteiger partial charge in [-0.3, -0.25) is 14.9 Å². The van der Waals surface area contributed by atoms with Crippen LogP contribution in [0.5, 0.6) is 0 Å². The molecule has 4 aromatic rings. The summed E-state index contributed by atoms with van der Waals surface area (Å²) in [6.45, 7) is 0. The number of amides is 1. The average Bonchev–Trinajstić information content (AvgIpc) is 3.15. The van der Waals surface area contributed by atoms with Gasteiger partial charge in [-0.25, -0.2) is 0 Å². The molecule has 0 spiro atoms. The summed E-state index contributed by atoms with van der Waals surface area (Å²) < 4.78 is 0. The molecule has 0 bridgehead atoms. The summed E-state index contributed by atoms with van der Waals surface area (Å²) in [5.74, 6) is 0.353. The maximum Gasteiger partial charge on any atom is 0.258 e. The molecular formula is C19H14Cl3N5O. The zero-order valence-corrected chi connectivity index (χ0v) is 16.6. The van der Waals surface area contributed by atoms with E-state index in [1.165, 1.54) is 0 Å². The second kappa shape index (κ2) is 8.48. The van der Waals surface area contributed by atoms with Gasteiger partial charge in [0, 0.05) is 17.6 Å². The fourth-order valence-corrected chi connectivity index (χ4v) is 3.33. The van der Waals surface area contributed by atoms with Crippen LogP contribution in [-0.4, -0.2) is 21.1 Å². The van der Waals surface area contributed by atoms with Crippen molar-refractivity contribution in [2.45, 2.75) is 0 Å². The number of benzene rings is 2. The van der Waals surface area contributed by atoms with Crippen LogP contribution < -0.4 is 10.6 Å². The van der Waals surface area contributed by atoms with E-state index in [0.29, 0.717) is 11.2 Å². The number of hydrogen-bond acceptors (Lipinski definition) is 4. The zero-order chi connectivity index (χ0) is 18.8. The third-order valence-electron chi connectivity index (χ3n) is 3.98. The van der Waals surface area contributed by atoms with Crippen LogP contribution in [0.25, 0.3) is 10.9 Å². The largest absolute Gasteiger partial charge is 0.340 e. The number of aromatic amines is 1. The fourth-order valence-electron chi connectivity index (χ4n) is 2.76. The molecule has 4 rings (SSSR count). The van der Waals surface area contributed by atoms with E-state index in [-0.39, 0.29) is 28.0 Å². The SMILES string of the molecule is Cl.O=C(Nc1cccc2c(Nc3ccn[nH]3)ccnc12)c1c(Cl)cccc1Cl. The van der Waals surface area contributed by atoms with E-state index in [4.69, 9.17) is 23.2 Å². The van der Waals surface area contributed by atoms with Crippen molar-refractivity contribution in [3.63, 3.8) is 0 Å². The number of anilines is 3. The van der Waals surface area contributed by atoms with Crippen molar-refractivity contribution >= 4 is 69.6 Å². The summed E-state index contributed by atoms with van der Waals surface area (Å²) in [5, 5.41) is 14.3. The Labute approximate surface area is 176 Å². The molecule has 0 saturated heterocycles. The van der Waals surface area contributed by atoms with Crippen molar-refractivity contribution < 1.29 is 4.79 Å². The summed E-state index contributed by atoms with van der Waals surface area (Å²) in [4.78, 5) is 17.1. The lowest BCUT2D eigenvalue weighted by Crippen LogP contribution is -2.13. The Morgan fingerprint density at radius 1 is 0.929 bits per heavy atom. The first kappa shape index (κ1) is 19.9. The number of nitrogens with zero attached hydrogens (tertiary/aromatic N) is 2. The van der Waals surface area contributed by atoms with Gasteiger partial charge in [-0.2, -0.15) is 5.10 Å². The van der Waals surface area contributed by atoms with E-state index >= 15 is 0 Å². The van der Waals surface area contributed by atoms with Gasteiger partial charge in [0.25, 0.3) is 5.91 Å². The number of halogens is 3. The molecule has 2 aromatic carbocycles. The van der Waals surface area contributed by atoms with Gasteiger partial charge in [-0.15, -0.1) is 12.4 Å². The average molecular weight is 435 g/mol. The topological polar surface area (TPSA) is 82.7 Å². The molecular weight excluding hydrogens is 421 g/mol. The van der Waals surface area contributed by atoms with E-state index in [1.807, 2.05) is 24.3 Å². The summed E-state index contributed by atoms with van der Waals surface area (Å²) in [6.07, 6.45) is 3.32. The Kier molecular flexibility index (Phi) is 6.04. The molecule has 3 N–H and O–H groups in total. The number of carbonyl (C=O) groups excluding carboxylic acids is 1. The van der Waals surface area contributed by atoms with Gasteiger partial charge in [-0.1, -0.05) is 41.4 Å². The molecule has 0 fully saturated rings. The second-order valence-corrected chi connectivity index (χ2v) is 6.52. The quantitative estimate of drug-likeness (QED) is 0.386. The van der Waals surface area contributed by atoms with Gasteiger partial charge in [0.1, 0.15) is 5.82 Å². The number of H-pyrrole nitrogens is 1. The van der Waals surface area contributed by atoms with E-state index in [1.54, 1.807) is 36.7 Å². The normalized spacial score (nSPS) is 10.4. The Balaban J connectivity index is 0.00000225. The summed E-state index contributed by atoms with van der Waals surface area (Å²) >= 11 is 12.3. The van der Waals surface area contributed by atoms with Crippen LogP contribution in [0.1, 0.15) is 10.4 Å². The number of para-hydroxylation sites is 1. The van der Waals surface area contributed by atoms with Crippen LogP contribution in [0.4, 0.5) is 17.2 Å². The maximum absolute atomic E-state index is 12.7. The number of carbonyl (C=O) groups is 1. The van der Waals surface area contributed by atoms with Crippen LogP contribution in [0.3, 0.4) is 0 Å². The third-order valence-corrected chi connectivity index (χ3v) is 4.61. The van der Waals surface area contributed by atoms with Crippen LogP contribution in [-0.2, 0) is 0 Å². The van der Waals surface area contributed by atoms with E-state index in [2.05, 4.69) is 25.8 Å². The zero-order valence-electron chi connectivity index (χ0n) is 14.2. The van der Waals surface area contributed by atoms with Crippen LogP contribution in [0, 0.1) is 0 Å². The molecule has 9 heteroatoms. The highest BCUT2D eigenvalue weighted by Gasteiger charge is 2.16. The standard InChI is InChI=1S/C19H13Cl2N5O.ClH/c20-12-4-2-5-13(21)17(12)19(27)25-15-6-1-3-11-14(7-9-22-18(11)15)24-16-8-10-23-26-16;/h1-10H,(H,25,27)(H2,22,23,24,26);1H. The molecule has 0 radical (unpaired) electrons. The van der Waals surface area contributed by atoms with Gasteiger partial charge >= 0.3 is 0 Å². The lowest BCUT2D eigenvalue weighted by atomic mass is 10.1. The Hall–Kier alpha value is -2.80. The maximum atomic E-state index is 12.7. The van der Waals surface area contributed by atoms with Crippen molar-refractivity contribution in [3.8, 4) is 0 Å².